The van der Waals surface area contributed by atoms with Gasteiger partial charge in [-0.15, -0.1) is 0 Å². The molecule has 0 aromatic rings. The summed E-state index contributed by atoms with van der Waals surface area (Å²) in [5.74, 6) is 0. The molecule has 0 N–H and O–H groups in total. The van der Waals surface area contributed by atoms with Gasteiger partial charge >= 0.3 is 0 Å². The fourth-order valence-electron chi connectivity index (χ4n) is 1.47. The summed E-state index contributed by atoms with van der Waals surface area (Å²) in [6.45, 7) is 4.44. The van der Waals surface area contributed by atoms with Crippen LogP contribution in [0.4, 0.5) is 0 Å². The maximum Gasteiger partial charge on any atom is 0.0226 e. The molecule has 0 bridgehead atoms. The van der Waals surface area contributed by atoms with Crippen LogP contribution in [0.1, 0.15) is 32.6 Å². The van der Waals surface area contributed by atoms with E-state index in [1.807, 2.05) is 0 Å². The van der Waals surface area contributed by atoms with E-state index in [2.05, 4.69) is 18.4 Å². The van der Waals surface area contributed by atoms with Gasteiger partial charge in [0.1, 0.15) is 0 Å². The molecule has 51 valence electrons. The number of rotatable bonds is 3. The second-order valence-electron chi connectivity index (χ2n) is 3.17. The Bertz CT molecular complexity index is 91.1. The highest BCUT2D eigenvalue weighted by Crippen LogP contribution is 2.37. The van der Waals surface area contributed by atoms with E-state index in [1.165, 1.54) is 25.7 Å². The molecule has 0 aromatic heterocycles. The van der Waals surface area contributed by atoms with E-state index in [0.29, 0.717) is 0 Å². The van der Waals surface area contributed by atoms with Gasteiger partial charge in [0, 0.05) is 18.6 Å². The van der Waals surface area contributed by atoms with Crippen molar-refractivity contribution in [3.63, 3.8) is 0 Å². The van der Waals surface area contributed by atoms with Crippen LogP contribution in [0, 0.1) is 6.54 Å². The van der Waals surface area contributed by atoms with Gasteiger partial charge in [-0.1, -0.05) is 0 Å². The lowest BCUT2D eigenvalue weighted by molar-refractivity contribution is 0.317. The van der Waals surface area contributed by atoms with Crippen LogP contribution >= 0.6 is 0 Å². The Morgan fingerprint density at radius 1 is 1.11 bits per heavy atom. The lowest BCUT2D eigenvalue weighted by Gasteiger charge is -2.17. The van der Waals surface area contributed by atoms with Gasteiger partial charge in [-0.05, 0) is 32.6 Å². The van der Waals surface area contributed by atoms with Crippen molar-refractivity contribution in [3.8, 4) is 0 Å². The van der Waals surface area contributed by atoms with E-state index in [1.54, 1.807) is 0 Å². The van der Waals surface area contributed by atoms with Crippen molar-refractivity contribution in [2.75, 3.05) is 0 Å². The Hall–Kier alpha value is -0.0400. The molecule has 0 atom stereocenters. The van der Waals surface area contributed by atoms with E-state index in [9.17, 15) is 0 Å². The molecule has 0 aromatic carbocycles. The van der Waals surface area contributed by atoms with Gasteiger partial charge in [-0.25, -0.2) is 0 Å². The molecule has 9 heavy (non-hydrogen) atoms. The fraction of sp³-hybridized carbons (Fsp3) is 0.875. The van der Waals surface area contributed by atoms with Crippen molar-refractivity contribution >= 4 is 0 Å². The van der Waals surface area contributed by atoms with E-state index >= 15 is 0 Å². The topological polar surface area (TPSA) is 3.24 Å². The first-order valence-electron chi connectivity index (χ1n) is 3.98. The van der Waals surface area contributed by atoms with Gasteiger partial charge < -0.3 is 0 Å². The minimum Gasteiger partial charge on any atom is -0.293 e. The Labute approximate surface area is 57.0 Å². The van der Waals surface area contributed by atoms with E-state index in [0.717, 1.165) is 12.1 Å². The fourth-order valence-corrected chi connectivity index (χ4v) is 1.47. The number of hydrogen-bond donors (Lipinski definition) is 0. The summed E-state index contributed by atoms with van der Waals surface area (Å²) in [6.07, 6.45) is 5.78. The van der Waals surface area contributed by atoms with Crippen LogP contribution in [0.25, 0.3) is 0 Å². The summed E-state index contributed by atoms with van der Waals surface area (Å²) >= 11 is 0. The standard InChI is InChI=1S/C8H14N/c1-2-9(7-3-4-7)8-5-6-8/h2,7-8H,3-6H2,1H3. The normalized spacial score (nSPS) is 27.3. The lowest BCUT2D eigenvalue weighted by atomic mass is 10.4. The van der Waals surface area contributed by atoms with E-state index < -0.39 is 0 Å². The average molecular weight is 124 g/mol. The molecule has 0 heterocycles. The Morgan fingerprint density at radius 2 is 1.56 bits per heavy atom. The SMILES string of the molecule is C[CH]N(C1CC1)C1CC1. The van der Waals surface area contributed by atoms with Gasteiger partial charge in [0.15, 0.2) is 0 Å². The monoisotopic (exact) mass is 124 g/mol. The van der Waals surface area contributed by atoms with Crippen LogP contribution < -0.4 is 0 Å². The largest absolute Gasteiger partial charge is 0.293 e. The van der Waals surface area contributed by atoms with Crippen LogP contribution in [0.15, 0.2) is 0 Å². The molecule has 2 fully saturated rings. The molecule has 0 amide bonds. The van der Waals surface area contributed by atoms with E-state index in [4.69, 9.17) is 0 Å². The Morgan fingerprint density at radius 3 is 1.78 bits per heavy atom. The van der Waals surface area contributed by atoms with Gasteiger partial charge in [-0.2, -0.15) is 0 Å². The third-order valence-electron chi connectivity index (χ3n) is 2.24. The summed E-state index contributed by atoms with van der Waals surface area (Å²) in [5, 5.41) is 0. The van der Waals surface area contributed by atoms with Crippen LogP contribution in [0.3, 0.4) is 0 Å². The number of nitrogens with zero attached hydrogens (tertiary/aromatic N) is 1. The zero-order valence-electron chi connectivity index (χ0n) is 6.01. The highest BCUT2D eigenvalue weighted by atomic mass is 15.2. The molecule has 2 rings (SSSR count). The van der Waals surface area contributed by atoms with E-state index in [-0.39, 0.29) is 0 Å². The first-order chi connectivity index (χ1) is 4.42. The van der Waals surface area contributed by atoms with Crippen molar-refractivity contribution < 1.29 is 0 Å². The summed E-state index contributed by atoms with van der Waals surface area (Å²) < 4.78 is 0. The summed E-state index contributed by atoms with van der Waals surface area (Å²) in [4.78, 5) is 2.56. The molecular formula is C8H14N. The van der Waals surface area contributed by atoms with Gasteiger partial charge in [-0.3, -0.25) is 4.90 Å². The first-order valence-corrected chi connectivity index (χ1v) is 3.98. The minimum atomic E-state index is 0.947. The molecule has 2 saturated carbocycles. The van der Waals surface area contributed by atoms with Gasteiger partial charge in [0.25, 0.3) is 0 Å². The maximum absolute atomic E-state index is 2.56. The van der Waals surface area contributed by atoms with Crippen LogP contribution in [-0.2, 0) is 0 Å². The zero-order valence-corrected chi connectivity index (χ0v) is 6.01. The molecule has 2 aliphatic rings. The zero-order chi connectivity index (χ0) is 6.27. The van der Waals surface area contributed by atoms with Crippen LogP contribution in [-0.4, -0.2) is 17.0 Å². The van der Waals surface area contributed by atoms with Crippen molar-refractivity contribution in [1.29, 1.82) is 0 Å². The molecule has 0 saturated heterocycles. The molecule has 1 nitrogen and oxygen atoms in total. The Balaban J connectivity index is 1.85. The lowest BCUT2D eigenvalue weighted by Crippen LogP contribution is -2.23. The second-order valence-corrected chi connectivity index (χ2v) is 3.17. The van der Waals surface area contributed by atoms with Crippen molar-refractivity contribution in [2.24, 2.45) is 0 Å². The third-order valence-corrected chi connectivity index (χ3v) is 2.24. The summed E-state index contributed by atoms with van der Waals surface area (Å²) in [5.41, 5.74) is 0. The maximum atomic E-state index is 2.56. The molecule has 2 aliphatic carbocycles. The predicted molar refractivity (Wildman–Crippen MR) is 37.9 cm³/mol. The quantitative estimate of drug-likeness (QED) is 0.554. The molecular weight excluding hydrogens is 110 g/mol. The van der Waals surface area contributed by atoms with Crippen LogP contribution in [0.2, 0.25) is 0 Å². The molecule has 1 radical (unpaired) electrons. The van der Waals surface area contributed by atoms with Crippen molar-refractivity contribution in [3.05, 3.63) is 6.54 Å². The molecule has 0 unspecified atom stereocenters. The summed E-state index contributed by atoms with van der Waals surface area (Å²) in [7, 11) is 0. The highest BCUT2D eigenvalue weighted by Gasteiger charge is 2.37. The average Bonchev–Trinajstić information content (AvgIpc) is 2.61. The molecule has 0 spiro atoms. The third kappa shape index (κ3) is 1.11. The Kier molecular flexibility index (Phi) is 1.26. The summed E-state index contributed by atoms with van der Waals surface area (Å²) in [6, 6.07) is 1.89. The van der Waals surface area contributed by atoms with Crippen molar-refractivity contribution in [1.82, 2.24) is 4.90 Å². The predicted octanol–water partition coefficient (Wildman–Crippen LogP) is 1.79. The molecule has 0 aliphatic heterocycles. The first kappa shape index (κ1) is 5.72. The van der Waals surface area contributed by atoms with Gasteiger partial charge in [0.2, 0.25) is 0 Å². The van der Waals surface area contributed by atoms with Gasteiger partial charge in [0.05, 0.1) is 0 Å². The smallest absolute Gasteiger partial charge is 0.0226 e. The highest BCUT2D eigenvalue weighted by molar-refractivity contribution is 4.96. The minimum absolute atomic E-state index is 0.947. The second kappa shape index (κ2) is 1.98. The van der Waals surface area contributed by atoms with Crippen molar-refractivity contribution in [2.45, 2.75) is 44.7 Å². The molecule has 1 heteroatoms. The number of hydrogen-bond acceptors (Lipinski definition) is 1. The van der Waals surface area contributed by atoms with Crippen LogP contribution in [0.5, 0.6) is 0 Å².